The van der Waals surface area contributed by atoms with Crippen LogP contribution in [-0.4, -0.2) is 29.9 Å². The van der Waals surface area contributed by atoms with Gasteiger partial charge in [-0.05, 0) is 57.2 Å². The van der Waals surface area contributed by atoms with Gasteiger partial charge in [-0.25, -0.2) is 4.79 Å². The first-order valence-electron chi connectivity index (χ1n) is 8.30. The van der Waals surface area contributed by atoms with E-state index >= 15 is 0 Å². The molecule has 2 aromatic rings. The van der Waals surface area contributed by atoms with E-state index in [2.05, 4.69) is 10.6 Å². The molecule has 6 nitrogen and oxygen atoms in total. The summed E-state index contributed by atoms with van der Waals surface area (Å²) in [5.74, 6) is -1.50. The smallest absolute Gasteiger partial charge is 0.340 e. The summed E-state index contributed by atoms with van der Waals surface area (Å²) in [7, 11) is 0. The quantitative estimate of drug-likeness (QED) is 0.765. The van der Waals surface area contributed by atoms with Crippen LogP contribution in [0.4, 0.5) is 5.69 Å². The van der Waals surface area contributed by atoms with Crippen molar-refractivity contribution < 1.29 is 19.1 Å². The van der Waals surface area contributed by atoms with Gasteiger partial charge in [0.2, 0.25) is 0 Å². The topological polar surface area (TPSA) is 84.5 Å². The molecule has 0 saturated heterocycles. The number of nitrogens with one attached hydrogen (secondary N) is 2. The Kier molecular flexibility index (Phi) is 6.58. The average molecular weight is 389 g/mol. The number of anilines is 1. The van der Waals surface area contributed by atoms with Crippen LogP contribution in [0, 0.1) is 0 Å². The Balaban J connectivity index is 2.06. The fourth-order valence-corrected chi connectivity index (χ4v) is 2.36. The Hall–Kier alpha value is -2.86. The number of halogens is 1. The van der Waals surface area contributed by atoms with E-state index in [4.69, 9.17) is 16.3 Å². The zero-order valence-electron chi connectivity index (χ0n) is 15.3. The first kappa shape index (κ1) is 20.5. The van der Waals surface area contributed by atoms with Gasteiger partial charge < -0.3 is 15.4 Å². The second-order valence-corrected chi connectivity index (χ2v) is 7.32. The van der Waals surface area contributed by atoms with Crippen molar-refractivity contribution >= 4 is 35.1 Å². The molecule has 0 aliphatic heterocycles. The Morgan fingerprint density at radius 3 is 2.26 bits per heavy atom. The van der Waals surface area contributed by atoms with Gasteiger partial charge in [-0.2, -0.15) is 0 Å². The maximum atomic E-state index is 12.4. The minimum Gasteiger partial charge on any atom is -0.452 e. The van der Waals surface area contributed by atoms with Crippen LogP contribution in [0.5, 0.6) is 0 Å². The van der Waals surface area contributed by atoms with E-state index < -0.39 is 29.9 Å². The number of carbonyl (C=O) groups excluding carboxylic acids is 3. The van der Waals surface area contributed by atoms with Crippen molar-refractivity contribution in [3.8, 4) is 0 Å². The summed E-state index contributed by atoms with van der Waals surface area (Å²) in [6.45, 7) is 5.08. The Bertz CT molecular complexity index is 842. The molecule has 0 saturated carbocycles. The van der Waals surface area contributed by atoms with E-state index in [9.17, 15) is 14.4 Å². The van der Waals surface area contributed by atoms with Gasteiger partial charge in [-0.15, -0.1) is 0 Å². The number of amides is 2. The Morgan fingerprint density at radius 1 is 1.00 bits per heavy atom. The van der Waals surface area contributed by atoms with E-state index in [1.54, 1.807) is 42.5 Å². The number of rotatable bonds is 5. The first-order valence-corrected chi connectivity index (χ1v) is 8.67. The highest BCUT2D eigenvalue weighted by Crippen LogP contribution is 2.18. The minimum absolute atomic E-state index is 0.156. The van der Waals surface area contributed by atoms with E-state index in [1.165, 1.54) is 6.07 Å². The lowest BCUT2D eigenvalue weighted by atomic mass is 10.1. The third-order valence-electron chi connectivity index (χ3n) is 3.35. The molecule has 0 spiro atoms. The molecule has 0 aromatic heterocycles. The fraction of sp³-hybridized carbons (Fsp3) is 0.250. The van der Waals surface area contributed by atoms with Gasteiger partial charge in [-0.3, -0.25) is 9.59 Å². The number of esters is 1. The molecule has 2 rings (SSSR count). The summed E-state index contributed by atoms with van der Waals surface area (Å²) in [6, 6.07) is 12.8. The third-order valence-corrected chi connectivity index (χ3v) is 3.60. The van der Waals surface area contributed by atoms with Crippen molar-refractivity contribution in [2.45, 2.75) is 26.3 Å². The Morgan fingerprint density at radius 2 is 1.63 bits per heavy atom. The average Bonchev–Trinajstić information content (AvgIpc) is 2.59. The number of hydrogen-bond donors (Lipinski definition) is 2. The van der Waals surface area contributed by atoms with Gasteiger partial charge in [0.05, 0.1) is 11.3 Å². The lowest BCUT2D eigenvalue weighted by Gasteiger charge is -2.20. The van der Waals surface area contributed by atoms with Crippen LogP contribution in [-0.2, 0) is 9.53 Å². The normalized spacial score (nSPS) is 10.8. The second-order valence-electron chi connectivity index (χ2n) is 6.88. The summed E-state index contributed by atoms with van der Waals surface area (Å²) in [5, 5.41) is 5.89. The van der Waals surface area contributed by atoms with Crippen LogP contribution < -0.4 is 10.6 Å². The lowest BCUT2D eigenvalue weighted by molar-refractivity contribution is -0.125. The van der Waals surface area contributed by atoms with E-state index in [1.807, 2.05) is 20.8 Å². The monoisotopic (exact) mass is 388 g/mol. The molecule has 27 heavy (non-hydrogen) atoms. The van der Waals surface area contributed by atoms with Gasteiger partial charge >= 0.3 is 5.97 Å². The largest absolute Gasteiger partial charge is 0.452 e. The Labute approximate surface area is 162 Å². The molecular weight excluding hydrogens is 368 g/mol. The van der Waals surface area contributed by atoms with E-state index in [-0.39, 0.29) is 5.56 Å². The van der Waals surface area contributed by atoms with Crippen LogP contribution in [0.2, 0.25) is 5.02 Å². The van der Waals surface area contributed by atoms with Gasteiger partial charge in [0, 0.05) is 16.1 Å². The predicted molar refractivity (Wildman–Crippen MR) is 104 cm³/mol. The van der Waals surface area contributed by atoms with Gasteiger partial charge in [0.1, 0.15) is 0 Å². The molecule has 0 aliphatic carbocycles. The molecule has 0 atom stereocenters. The standard InChI is InChI=1S/C20H21ClN2O4/c1-20(2,3)23-17(24)12-27-19(26)15-6-4-5-7-16(15)22-18(25)13-8-10-14(21)11-9-13/h4-11H,12H2,1-3H3,(H,22,25)(H,23,24). The maximum absolute atomic E-state index is 12.4. The van der Waals surface area contributed by atoms with Crippen LogP contribution in [0.25, 0.3) is 0 Å². The van der Waals surface area contributed by atoms with Gasteiger partial charge in [0.15, 0.2) is 6.61 Å². The number of hydrogen-bond acceptors (Lipinski definition) is 4. The highest BCUT2D eigenvalue weighted by molar-refractivity contribution is 6.30. The molecule has 142 valence electrons. The summed E-state index contributed by atoms with van der Waals surface area (Å²) in [5.41, 5.74) is 0.419. The maximum Gasteiger partial charge on any atom is 0.340 e. The highest BCUT2D eigenvalue weighted by Gasteiger charge is 2.18. The van der Waals surface area contributed by atoms with E-state index in [0.717, 1.165) is 0 Å². The second kappa shape index (κ2) is 8.68. The van der Waals surface area contributed by atoms with E-state index in [0.29, 0.717) is 16.3 Å². The molecule has 0 aliphatic rings. The van der Waals surface area contributed by atoms with Crippen molar-refractivity contribution in [2.75, 3.05) is 11.9 Å². The number of benzene rings is 2. The molecule has 2 N–H and O–H groups in total. The summed E-state index contributed by atoms with van der Waals surface area (Å²) >= 11 is 5.82. The summed E-state index contributed by atoms with van der Waals surface area (Å²) in [6.07, 6.45) is 0. The molecule has 0 bridgehead atoms. The lowest BCUT2D eigenvalue weighted by Crippen LogP contribution is -2.42. The van der Waals surface area contributed by atoms with Crippen LogP contribution in [0.1, 0.15) is 41.5 Å². The highest BCUT2D eigenvalue weighted by atomic mass is 35.5. The molecule has 7 heteroatoms. The zero-order valence-corrected chi connectivity index (χ0v) is 16.1. The first-order chi connectivity index (χ1) is 12.7. The van der Waals surface area contributed by atoms with Crippen molar-refractivity contribution in [3.05, 3.63) is 64.7 Å². The van der Waals surface area contributed by atoms with Crippen molar-refractivity contribution in [1.82, 2.24) is 5.32 Å². The number of para-hydroxylation sites is 1. The molecule has 0 unspecified atom stereocenters. The van der Waals surface area contributed by atoms with Crippen LogP contribution >= 0.6 is 11.6 Å². The van der Waals surface area contributed by atoms with Gasteiger partial charge in [-0.1, -0.05) is 23.7 Å². The molecule has 0 fully saturated rings. The van der Waals surface area contributed by atoms with Crippen molar-refractivity contribution in [2.24, 2.45) is 0 Å². The third kappa shape index (κ3) is 6.42. The molecule has 2 aromatic carbocycles. The summed E-state index contributed by atoms with van der Waals surface area (Å²) < 4.78 is 5.06. The number of ether oxygens (including phenoxy) is 1. The van der Waals surface area contributed by atoms with Gasteiger partial charge in [0.25, 0.3) is 11.8 Å². The molecular formula is C20H21ClN2O4. The molecule has 0 heterocycles. The molecule has 2 amide bonds. The van der Waals surface area contributed by atoms with Crippen molar-refractivity contribution in [1.29, 1.82) is 0 Å². The zero-order chi connectivity index (χ0) is 20.0. The minimum atomic E-state index is -0.703. The van der Waals surface area contributed by atoms with Crippen LogP contribution in [0.15, 0.2) is 48.5 Å². The SMILES string of the molecule is CC(C)(C)NC(=O)COC(=O)c1ccccc1NC(=O)c1ccc(Cl)cc1. The fourth-order valence-electron chi connectivity index (χ4n) is 2.23. The summed E-state index contributed by atoms with van der Waals surface area (Å²) in [4.78, 5) is 36.5. The van der Waals surface area contributed by atoms with Crippen molar-refractivity contribution in [3.63, 3.8) is 0 Å². The van der Waals surface area contributed by atoms with Crippen LogP contribution in [0.3, 0.4) is 0 Å². The molecule has 0 radical (unpaired) electrons. The predicted octanol–water partition coefficient (Wildman–Crippen LogP) is 3.66. The number of carbonyl (C=O) groups is 3.